The topological polar surface area (TPSA) is 136 Å². The molecule has 1 aromatic carbocycles. The largest absolute Gasteiger partial charge is 0.466 e. The number of hydrogen-bond acceptors (Lipinski definition) is 8. The fourth-order valence-electron chi connectivity index (χ4n) is 2.02. The summed E-state index contributed by atoms with van der Waals surface area (Å²) in [5.74, 6) is -3.69. The third kappa shape index (κ3) is 4.20. The zero-order valence-electron chi connectivity index (χ0n) is 14.1. The van der Waals surface area contributed by atoms with Crippen LogP contribution in [0.1, 0.15) is 10.6 Å². The number of carbonyl (C=O) groups is 2. The normalized spacial score (nSPS) is 13.3. The van der Waals surface area contributed by atoms with Gasteiger partial charge in [-0.15, -0.1) is 0 Å². The highest BCUT2D eigenvalue weighted by Crippen LogP contribution is 2.30. The molecule has 0 aliphatic rings. The third-order valence-electron chi connectivity index (χ3n) is 3.44. The summed E-state index contributed by atoms with van der Waals surface area (Å²) in [7, 11) is 0.704. The number of nitrogens with one attached hydrogen (secondary N) is 3. The molecule has 1 atom stereocenters. The summed E-state index contributed by atoms with van der Waals surface area (Å²) < 4.78 is 50.2. The molecule has 0 spiro atoms. The number of carbonyl (C=O) groups excluding carboxylic acids is 2. The van der Waals surface area contributed by atoms with E-state index in [1.807, 2.05) is 0 Å². The molecule has 1 heterocycles. The van der Waals surface area contributed by atoms with Crippen LogP contribution in [0.4, 0.5) is 24.5 Å². The van der Waals surface area contributed by atoms with E-state index in [9.17, 15) is 32.9 Å². The summed E-state index contributed by atoms with van der Waals surface area (Å²) in [6.45, 7) is 0. The number of rotatable bonds is 7. The number of hydrogen-bond donors (Lipinski definition) is 3. The van der Waals surface area contributed by atoms with Crippen LogP contribution in [-0.4, -0.2) is 35.7 Å². The molecule has 0 radical (unpaired) electrons. The van der Waals surface area contributed by atoms with Gasteiger partial charge in [-0.25, -0.2) is 4.79 Å². The lowest BCUT2D eigenvalue weighted by Gasteiger charge is -2.34. The second-order valence-electron chi connectivity index (χ2n) is 5.22. The van der Waals surface area contributed by atoms with Crippen molar-refractivity contribution >= 4 is 23.3 Å². The van der Waals surface area contributed by atoms with Gasteiger partial charge in [0.1, 0.15) is 0 Å². The predicted molar refractivity (Wildman–Crippen MR) is 86.8 cm³/mol. The molecule has 0 fully saturated rings. The van der Waals surface area contributed by atoms with Gasteiger partial charge in [-0.05, 0) is 24.3 Å². The molecule has 28 heavy (non-hydrogen) atoms. The summed E-state index contributed by atoms with van der Waals surface area (Å²) in [5, 5.41) is 12.1. The van der Waals surface area contributed by atoms with Crippen molar-refractivity contribution < 1.29 is 36.8 Å². The average molecular weight is 402 g/mol. The molecule has 10 nitrogen and oxygen atoms in total. The zero-order chi connectivity index (χ0) is 20.9. The van der Waals surface area contributed by atoms with Gasteiger partial charge in [0.05, 0.1) is 18.3 Å². The number of benzene rings is 1. The molecule has 1 aromatic heterocycles. The van der Waals surface area contributed by atoms with Crippen LogP contribution in [0, 0.1) is 10.1 Å². The Kier molecular flexibility index (Phi) is 5.88. The first kappa shape index (κ1) is 20.7. The monoisotopic (exact) mass is 402 g/mol. The molecule has 13 heteroatoms. The maximum absolute atomic E-state index is 13.7. The molecule has 0 aliphatic heterocycles. The van der Waals surface area contributed by atoms with Crippen LogP contribution < -0.4 is 16.2 Å². The van der Waals surface area contributed by atoms with E-state index in [-0.39, 0.29) is 11.4 Å². The zero-order valence-corrected chi connectivity index (χ0v) is 14.1. The number of halogens is 3. The van der Waals surface area contributed by atoms with Crippen molar-refractivity contribution in [2.24, 2.45) is 0 Å². The Balaban J connectivity index is 2.32. The third-order valence-corrected chi connectivity index (χ3v) is 3.44. The van der Waals surface area contributed by atoms with Crippen molar-refractivity contribution in [3.8, 4) is 0 Å². The van der Waals surface area contributed by atoms with Gasteiger partial charge in [0, 0.05) is 17.8 Å². The van der Waals surface area contributed by atoms with Crippen LogP contribution in [0.25, 0.3) is 0 Å². The molecule has 3 N–H and O–H groups in total. The molecular weight excluding hydrogens is 389 g/mol. The molecule has 0 saturated heterocycles. The molecule has 0 bridgehead atoms. The Labute approximate surface area is 154 Å². The van der Waals surface area contributed by atoms with Crippen LogP contribution in [0.5, 0.6) is 0 Å². The number of nitro benzene ring substituents is 1. The van der Waals surface area contributed by atoms with E-state index in [1.165, 1.54) is 11.4 Å². The van der Waals surface area contributed by atoms with Gasteiger partial charge < -0.3 is 19.9 Å². The fraction of sp³-hybridized carbons (Fsp3) is 0.200. The van der Waals surface area contributed by atoms with Crippen molar-refractivity contribution in [1.29, 1.82) is 0 Å². The van der Waals surface area contributed by atoms with Crippen LogP contribution in [-0.2, 0) is 9.53 Å². The lowest BCUT2D eigenvalue weighted by molar-refractivity contribution is -0.384. The van der Waals surface area contributed by atoms with Crippen LogP contribution >= 0.6 is 0 Å². The van der Waals surface area contributed by atoms with Crippen LogP contribution in [0.2, 0.25) is 0 Å². The maximum Gasteiger partial charge on any atom is 0.438 e. The lowest BCUT2D eigenvalue weighted by atomic mass is 10.1. The Morgan fingerprint density at radius 2 is 1.82 bits per heavy atom. The predicted octanol–water partition coefficient (Wildman–Crippen LogP) is 1.97. The van der Waals surface area contributed by atoms with Gasteiger partial charge in [0.2, 0.25) is 0 Å². The number of furan rings is 1. The van der Waals surface area contributed by atoms with Gasteiger partial charge in [-0.2, -0.15) is 18.6 Å². The molecule has 2 rings (SSSR count). The number of ether oxygens (including phenoxy) is 1. The highest BCUT2D eigenvalue weighted by molar-refractivity contribution is 5.96. The van der Waals surface area contributed by atoms with Crippen LogP contribution in [0.15, 0.2) is 47.1 Å². The minimum atomic E-state index is -5.35. The Hall–Kier alpha value is -3.61. The molecule has 0 aliphatic carbocycles. The maximum atomic E-state index is 13.7. The minimum Gasteiger partial charge on any atom is -0.466 e. The van der Waals surface area contributed by atoms with E-state index in [2.05, 4.69) is 10.2 Å². The Morgan fingerprint density at radius 3 is 2.29 bits per heavy atom. The minimum absolute atomic E-state index is 0.0598. The quantitative estimate of drug-likeness (QED) is 0.277. The van der Waals surface area contributed by atoms with Gasteiger partial charge in [-0.3, -0.25) is 14.9 Å². The SMILES string of the molecule is COC(=O)[C@@](NNc1ccc([N+](=O)[O-])cc1)(NC(=O)c1ccco1)C(F)(F)F. The van der Waals surface area contributed by atoms with Gasteiger partial charge in [0.15, 0.2) is 5.76 Å². The number of nitro groups is 1. The lowest BCUT2D eigenvalue weighted by Crippen LogP contribution is -2.73. The summed E-state index contributed by atoms with van der Waals surface area (Å²) in [6.07, 6.45) is -4.29. The first-order chi connectivity index (χ1) is 13.1. The number of nitrogens with zero attached hydrogens (tertiary/aromatic N) is 1. The van der Waals surface area contributed by atoms with Gasteiger partial charge in [0.25, 0.3) is 11.6 Å². The average Bonchev–Trinajstić information content (AvgIpc) is 3.18. The van der Waals surface area contributed by atoms with Crippen LogP contribution in [0.3, 0.4) is 0 Å². The Morgan fingerprint density at radius 1 is 1.18 bits per heavy atom. The number of methoxy groups -OCH3 is 1. The number of esters is 1. The highest BCUT2D eigenvalue weighted by Gasteiger charge is 2.63. The van der Waals surface area contributed by atoms with Crippen molar-refractivity contribution in [3.05, 3.63) is 58.5 Å². The first-order valence-electron chi connectivity index (χ1n) is 7.39. The summed E-state index contributed by atoms with van der Waals surface area (Å²) in [4.78, 5) is 34.0. The standard InChI is InChI=1S/C15H13F3N4O6/c1-27-13(24)14(15(16,17)18,19-12(23)11-3-2-8-28-11)21-20-9-4-6-10(7-5-9)22(25)26/h2-8,20-21H,1H3,(H,19,23)/t14-/m0/s1. The summed E-state index contributed by atoms with van der Waals surface area (Å²) >= 11 is 0. The number of hydrazine groups is 1. The van der Waals surface area contributed by atoms with Gasteiger partial charge >= 0.3 is 17.8 Å². The Bertz CT molecular complexity index is 854. The molecule has 150 valence electrons. The van der Waals surface area contributed by atoms with E-state index in [1.54, 1.807) is 5.43 Å². The number of anilines is 1. The number of amides is 1. The first-order valence-corrected chi connectivity index (χ1v) is 7.39. The van der Waals surface area contributed by atoms with Crippen molar-refractivity contribution in [3.63, 3.8) is 0 Å². The van der Waals surface area contributed by atoms with E-state index in [4.69, 9.17) is 4.42 Å². The molecule has 1 amide bonds. The molecule has 2 aromatic rings. The number of alkyl halides is 3. The highest BCUT2D eigenvalue weighted by atomic mass is 19.4. The molecule has 0 saturated carbocycles. The van der Waals surface area contributed by atoms with Gasteiger partial charge in [-0.1, -0.05) is 0 Å². The van der Waals surface area contributed by atoms with Crippen molar-refractivity contribution in [2.75, 3.05) is 12.5 Å². The molecular formula is C15H13F3N4O6. The fourth-order valence-corrected chi connectivity index (χ4v) is 2.02. The summed E-state index contributed by atoms with van der Waals surface area (Å²) in [5.41, 5.74) is -0.272. The molecule has 0 unspecified atom stereocenters. The smallest absolute Gasteiger partial charge is 0.438 e. The van der Waals surface area contributed by atoms with Crippen molar-refractivity contribution in [1.82, 2.24) is 10.7 Å². The number of non-ortho nitro benzene ring substituents is 1. The van der Waals surface area contributed by atoms with E-state index >= 15 is 0 Å². The van der Waals surface area contributed by atoms with E-state index in [0.29, 0.717) is 7.11 Å². The summed E-state index contributed by atoms with van der Waals surface area (Å²) in [6, 6.07) is 6.61. The van der Waals surface area contributed by atoms with Crippen molar-refractivity contribution in [2.45, 2.75) is 11.8 Å². The second-order valence-corrected chi connectivity index (χ2v) is 5.22. The van der Waals surface area contributed by atoms with E-state index < -0.39 is 34.4 Å². The van der Waals surface area contributed by atoms with E-state index in [0.717, 1.165) is 36.6 Å². The second kappa shape index (κ2) is 7.96.